The zero-order chi connectivity index (χ0) is 36.1. The first-order valence-electron chi connectivity index (χ1n) is 14.5. The minimum atomic E-state index is -1.16. The van der Waals surface area contributed by atoms with Crippen molar-refractivity contribution in [1.82, 2.24) is 4.90 Å². The summed E-state index contributed by atoms with van der Waals surface area (Å²) in [6.45, 7) is 19.4. The van der Waals surface area contributed by atoms with E-state index in [0.717, 1.165) is 30.8 Å². The Hall–Kier alpha value is -4.31. The molecule has 0 bridgehead atoms. The van der Waals surface area contributed by atoms with Crippen LogP contribution in [0.4, 0.5) is 30.2 Å². The number of nitrogens with two attached hydrogens (primary N) is 1. The summed E-state index contributed by atoms with van der Waals surface area (Å²) in [5.74, 6) is -4.17. The van der Waals surface area contributed by atoms with E-state index in [1.807, 2.05) is 0 Å². The van der Waals surface area contributed by atoms with Gasteiger partial charge in [-0.15, -0.1) is 0 Å². The van der Waals surface area contributed by atoms with Crippen LogP contribution in [0.3, 0.4) is 0 Å². The van der Waals surface area contributed by atoms with Gasteiger partial charge in [-0.1, -0.05) is 26.5 Å². The number of rotatable bonds is 11. The van der Waals surface area contributed by atoms with Gasteiger partial charge in [-0.25, -0.2) is 4.79 Å². The molecule has 2 rings (SSSR count). The molecule has 16 heteroatoms. The van der Waals surface area contributed by atoms with E-state index in [-0.39, 0.29) is 25.7 Å². The maximum atomic E-state index is 13.3. The molecule has 2 aromatic carbocycles. The van der Waals surface area contributed by atoms with E-state index in [1.54, 1.807) is 20.8 Å². The molecule has 2 atom stereocenters. The first-order chi connectivity index (χ1) is 21.4. The number of para-hydroxylation sites is 2. The largest absolute Gasteiger partial charge is 0.465 e. The van der Waals surface area contributed by atoms with Crippen LogP contribution in [0.15, 0.2) is 36.4 Å². The number of nitrogens with zero attached hydrogens (tertiary/aromatic N) is 3. The Kier molecular flexibility index (Phi) is 24.9. The zero-order valence-electron chi connectivity index (χ0n) is 27.7. The second-order valence-corrected chi connectivity index (χ2v) is 9.90. The summed E-state index contributed by atoms with van der Waals surface area (Å²) in [7, 11) is 0. The van der Waals surface area contributed by atoms with Gasteiger partial charge in [0.25, 0.3) is 0 Å². The number of esters is 2. The maximum absolute atomic E-state index is 13.3. The third-order valence-electron chi connectivity index (χ3n) is 5.65. The van der Waals surface area contributed by atoms with E-state index in [0.29, 0.717) is 18.7 Å². The molecule has 0 amide bonds. The number of ether oxygens (including phenoxy) is 2. The molecule has 0 saturated heterocycles. The van der Waals surface area contributed by atoms with Crippen molar-refractivity contribution in [3.63, 3.8) is 0 Å². The van der Waals surface area contributed by atoms with Crippen LogP contribution in [0.25, 0.3) is 0 Å². The third-order valence-corrected chi connectivity index (χ3v) is 5.65. The maximum Gasteiger partial charge on any atom is 0.340 e. The lowest BCUT2D eigenvalue weighted by atomic mass is 10.2. The molecule has 0 heterocycles. The van der Waals surface area contributed by atoms with Crippen LogP contribution in [0.5, 0.6) is 0 Å². The molecule has 0 aliphatic carbocycles. The van der Waals surface area contributed by atoms with Gasteiger partial charge in [0.05, 0.1) is 23.1 Å². The van der Waals surface area contributed by atoms with Crippen LogP contribution in [-0.2, 0) is 19.1 Å². The molecular weight excluding hydrogens is 627 g/mol. The minimum absolute atomic E-state index is 0. The number of nitrogens with one attached hydrogen (secondary N) is 1. The van der Waals surface area contributed by atoms with Crippen molar-refractivity contribution in [3.8, 4) is 0 Å². The Morgan fingerprint density at radius 1 is 0.787 bits per heavy atom. The average Bonchev–Trinajstić information content (AvgIpc) is 2.94. The molecular formula is C31H50F3N5O8. The Balaban J connectivity index is -0.000000579. The third kappa shape index (κ3) is 18.4. The number of anilines is 1. The highest BCUT2D eigenvalue weighted by atomic mass is 19.1. The number of nitro benzene ring substituents is 2. The van der Waals surface area contributed by atoms with Gasteiger partial charge in [0.2, 0.25) is 17.5 Å². The van der Waals surface area contributed by atoms with Crippen molar-refractivity contribution in [1.29, 1.82) is 0 Å². The van der Waals surface area contributed by atoms with Gasteiger partial charge in [-0.2, -0.15) is 13.2 Å². The van der Waals surface area contributed by atoms with Crippen molar-refractivity contribution in [2.24, 2.45) is 5.73 Å². The van der Waals surface area contributed by atoms with E-state index in [1.165, 1.54) is 19.1 Å². The van der Waals surface area contributed by atoms with Crippen LogP contribution in [-0.4, -0.2) is 70.6 Å². The van der Waals surface area contributed by atoms with Crippen LogP contribution in [0.2, 0.25) is 0 Å². The van der Waals surface area contributed by atoms with E-state index in [2.05, 4.69) is 49.6 Å². The molecule has 47 heavy (non-hydrogen) atoms. The molecule has 13 nitrogen and oxygen atoms in total. The fourth-order valence-corrected chi connectivity index (χ4v) is 3.64. The topological polar surface area (TPSA) is 180 Å². The summed E-state index contributed by atoms with van der Waals surface area (Å²) in [4.78, 5) is 43.0. The molecule has 268 valence electrons. The zero-order valence-corrected chi connectivity index (χ0v) is 27.7. The van der Waals surface area contributed by atoms with Crippen molar-refractivity contribution in [2.45, 2.75) is 93.9 Å². The Morgan fingerprint density at radius 2 is 1.17 bits per heavy atom. The lowest BCUT2D eigenvalue weighted by Gasteiger charge is -2.28. The van der Waals surface area contributed by atoms with Gasteiger partial charge in [0.15, 0.2) is 0 Å². The van der Waals surface area contributed by atoms with Crippen LogP contribution in [0, 0.1) is 37.7 Å². The molecule has 2 aromatic rings. The number of carbonyl (C=O) groups excluding carboxylic acids is 2. The van der Waals surface area contributed by atoms with Gasteiger partial charge in [0, 0.05) is 12.1 Å². The second kappa shape index (κ2) is 24.9. The molecule has 0 spiro atoms. The summed E-state index contributed by atoms with van der Waals surface area (Å²) in [6, 6.07) is 6.46. The second-order valence-electron chi connectivity index (χ2n) is 9.90. The quantitative estimate of drug-likeness (QED) is 0.148. The number of halogens is 3. The highest BCUT2D eigenvalue weighted by Gasteiger charge is 2.23. The van der Waals surface area contributed by atoms with Gasteiger partial charge >= 0.3 is 23.3 Å². The molecule has 3 N–H and O–H groups in total. The normalized spacial score (nSPS) is 11.2. The predicted octanol–water partition coefficient (Wildman–Crippen LogP) is 6.63. The van der Waals surface area contributed by atoms with Crippen LogP contribution < -0.4 is 11.1 Å². The van der Waals surface area contributed by atoms with Gasteiger partial charge < -0.3 is 20.5 Å². The lowest BCUT2D eigenvalue weighted by Crippen LogP contribution is -2.36. The van der Waals surface area contributed by atoms with Gasteiger partial charge in [-0.3, -0.25) is 29.9 Å². The lowest BCUT2D eigenvalue weighted by molar-refractivity contribution is -0.390. The number of nitro groups is 2. The van der Waals surface area contributed by atoms with E-state index < -0.39 is 56.7 Å². The first kappa shape index (κ1) is 47.1. The highest BCUT2D eigenvalue weighted by molar-refractivity contribution is 5.80. The van der Waals surface area contributed by atoms with Gasteiger partial charge in [-0.05, 0) is 86.2 Å². The monoisotopic (exact) mass is 677 g/mol. The molecule has 2 unspecified atom stereocenters. The van der Waals surface area contributed by atoms with Crippen LogP contribution in [0.1, 0.15) is 69.7 Å². The fourth-order valence-electron chi connectivity index (χ4n) is 3.64. The van der Waals surface area contributed by atoms with Gasteiger partial charge in [0.1, 0.15) is 17.8 Å². The Labute approximate surface area is 274 Å². The summed E-state index contributed by atoms with van der Waals surface area (Å²) in [5.41, 5.74) is 3.30. The van der Waals surface area contributed by atoms with Crippen molar-refractivity contribution in [2.75, 3.05) is 25.1 Å². The molecule has 0 aromatic heterocycles. The summed E-state index contributed by atoms with van der Waals surface area (Å²) >= 11 is 0. The molecule has 0 aliphatic rings. The van der Waals surface area contributed by atoms with Crippen molar-refractivity contribution in [3.05, 3.63) is 74.1 Å². The van der Waals surface area contributed by atoms with Crippen molar-refractivity contribution >= 4 is 29.0 Å². The SMILES string of the molecule is C.CCN(C(C)C)C(C)C.CCOC(=O)C(C)N.CCOC(=O)C(C)Nc1cccc(F)c1[N+](=O)[O-].O=[N+]([O-])c1c(F)cccc1F. The van der Waals surface area contributed by atoms with Crippen molar-refractivity contribution < 1.29 is 42.1 Å². The summed E-state index contributed by atoms with van der Waals surface area (Å²) < 4.78 is 47.4. The van der Waals surface area contributed by atoms with E-state index in [4.69, 9.17) is 10.5 Å². The highest BCUT2D eigenvalue weighted by Crippen LogP contribution is 2.27. The predicted molar refractivity (Wildman–Crippen MR) is 175 cm³/mol. The molecule has 0 aliphatic heterocycles. The smallest absolute Gasteiger partial charge is 0.340 e. The first-order valence-corrected chi connectivity index (χ1v) is 14.5. The van der Waals surface area contributed by atoms with E-state index >= 15 is 0 Å². The number of benzene rings is 2. The number of carbonyl (C=O) groups is 2. The summed E-state index contributed by atoms with van der Waals surface area (Å²) in [5, 5.41) is 23.3. The average molecular weight is 678 g/mol. The van der Waals surface area contributed by atoms with Crippen LogP contribution >= 0.6 is 0 Å². The Morgan fingerprint density at radius 3 is 1.45 bits per heavy atom. The minimum Gasteiger partial charge on any atom is -0.465 e. The fraction of sp³-hybridized carbons (Fsp3) is 0.548. The molecule has 0 fully saturated rings. The molecule has 0 saturated carbocycles. The standard InChI is InChI=1S/C11H13FN2O4.C8H19N.C6H3F2NO2.C5H11NO2.CH4/c1-3-18-11(15)7(2)13-9-6-4-5-8(12)10(9)14(16)17;1-6-9(7(2)3)8(4)5;7-4-2-1-3-5(8)6(4)9(10)11;1-3-8-5(7)4(2)6;/h4-7,13H,3H2,1-2H3;7-8H,6H2,1-5H3;1-3H;4H,3,6H2,1-2H3;1H4. The Bertz CT molecular complexity index is 1220. The number of hydrogen-bond acceptors (Lipinski definition) is 11. The number of hydrogen-bond donors (Lipinski definition) is 2. The molecule has 0 radical (unpaired) electrons. The van der Waals surface area contributed by atoms with E-state index in [9.17, 15) is 43.0 Å². The summed E-state index contributed by atoms with van der Waals surface area (Å²) in [6.07, 6.45) is 0.